The topological polar surface area (TPSA) is 74.2 Å². The lowest BCUT2D eigenvalue weighted by molar-refractivity contribution is 1.04. The van der Waals surface area contributed by atoms with E-state index in [-0.39, 0.29) is 0 Å². The molecule has 0 aliphatic carbocycles. The number of rotatable bonds is 4. The maximum Gasteiger partial charge on any atom is 0.229 e. The number of hydrogen-bond donors (Lipinski definition) is 3. The van der Waals surface area contributed by atoms with Crippen LogP contribution in [-0.4, -0.2) is 21.0 Å². The number of guanidine groups is 1. The quantitative estimate of drug-likeness (QED) is 0.319. The minimum absolute atomic E-state index is 0.443. The summed E-state index contributed by atoms with van der Waals surface area (Å²) >= 11 is 7.16. The van der Waals surface area contributed by atoms with Crippen LogP contribution < -0.4 is 16.0 Å². The van der Waals surface area contributed by atoms with Gasteiger partial charge in [-0.05, 0) is 69.1 Å². The lowest BCUT2D eigenvalue weighted by atomic mass is 10.1. The molecule has 0 spiro atoms. The highest BCUT2D eigenvalue weighted by Crippen LogP contribution is 2.16. The second-order valence-electron chi connectivity index (χ2n) is 6.74. The standard InChI is InChI=1S/C21H24N6S2/c1-13-7-8-18(14(2)10-13)25-21(28)27-19(22-12-17-6-5-9-29-17)26-20-23-15(3)11-16(4)24-20/h5-11H,12H2,1-4H3,(H3,22,23,24,25,26,27,28). The molecule has 0 atom stereocenters. The van der Waals surface area contributed by atoms with E-state index in [9.17, 15) is 0 Å². The second-order valence-corrected chi connectivity index (χ2v) is 8.18. The number of thiocarbonyl (C=S) groups is 1. The molecule has 0 fully saturated rings. The van der Waals surface area contributed by atoms with Gasteiger partial charge >= 0.3 is 0 Å². The molecule has 0 unspecified atom stereocenters. The van der Waals surface area contributed by atoms with Crippen LogP contribution >= 0.6 is 23.6 Å². The van der Waals surface area contributed by atoms with E-state index in [1.807, 2.05) is 56.5 Å². The molecule has 0 amide bonds. The summed E-state index contributed by atoms with van der Waals surface area (Å²) in [7, 11) is 0. The van der Waals surface area contributed by atoms with Crippen molar-refractivity contribution in [2.75, 3.05) is 10.6 Å². The summed E-state index contributed by atoms with van der Waals surface area (Å²) in [5, 5.41) is 12.0. The summed E-state index contributed by atoms with van der Waals surface area (Å²) in [5.41, 5.74) is 5.05. The molecule has 3 N–H and O–H groups in total. The summed E-state index contributed by atoms with van der Waals surface area (Å²) in [6.07, 6.45) is 0. The smallest absolute Gasteiger partial charge is 0.229 e. The van der Waals surface area contributed by atoms with Gasteiger partial charge in [-0.15, -0.1) is 11.3 Å². The molecule has 0 saturated heterocycles. The molecule has 150 valence electrons. The van der Waals surface area contributed by atoms with Gasteiger partial charge in [-0.1, -0.05) is 23.8 Å². The van der Waals surface area contributed by atoms with Gasteiger partial charge < -0.3 is 10.6 Å². The number of hydrogen-bond acceptors (Lipinski definition) is 5. The fraction of sp³-hybridized carbons (Fsp3) is 0.238. The van der Waals surface area contributed by atoms with Crippen LogP contribution in [0.15, 0.2) is 46.8 Å². The average Bonchev–Trinajstić information content (AvgIpc) is 3.15. The molecule has 0 saturated carbocycles. The molecular formula is C21H24N6S2. The normalized spacial score (nSPS) is 11.2. The van der Waals surface area contributed by atoms with Crippen LogP contribution in [0.4, 0.5) is 11.6 Å². The summed E-state index contributed by atoms with van der Waals surface area (Å²) in [5.74, 6) is 0.972. The SMILES string of the molecule is Cc1ccc(NC(=S)NC(=NCc2cccs2)Nc2nc(C)cc(C)n2)c(C)c1. The number of anilines is 2. The molecular weight excluding hydrogens is 400 g/mol. The van der Waals surface area contributed by atoms with Crippen LogP contribution in [0.25, 0.3) is 0 Å². The van der Waals surface area contributed by atoms with Crippen molar-refractivity contribution in [1.29, 1.82) is 0 Å². The lowest BCUT2D eigenvalue weighted by Crippen LogP contribution is -2.39. The minimum Gasteiger partial charge on any atom is -0.332 e. The lowest BCUT2D eigenvalue weighted by Gasteiger charge is -2.15. The van der Waals surface area contributed by atoms with Gasteiger partial charge in [0.25, 0.3) is 0 Å². The van der Waals surface area contributed by atoms with E-state index < -0.39 is 0 Å². The molecule has 0 aliphatic heterocycles. The fourth-order valence-electron chi connectivity index (χ4n) is 2.77. The van der Waals surface area contributed by atoms with E-state index in [0.29, 0.717) is 23.6 Å². The van der Waals surface area contributed by atoms with Crippen molar-refractivity contribution < 1.29 is 0 Å². The third-order valence-corrected chi connectivity index (χ3v) is 5.11. The maximum absolute atomic E-state index is 5.51. The highest BCUT2D eigenvalue weighted by atomic mass is 32.1. The predicted octanol–water partition coefficient (Wildman–Crippen LogP) is 4.73. The first kappa shape index (κ1) is 20.9. The molecule has 0 radical (unpaired) electrons. The van der Waals surface area contributed by atoms with Gasteiger partial charge in [0.05, 0.1) is 6.54 Å². The van der Waals surface area contributed by atoms with Crippen LogP contribution in [0, 0.1) is 27.7 Å². The number of aliphatic imine (C=N–C) groups is 1. The molecule has 0 bridgehead atoms. The number of nitrogens with one attached hydrogen (secondary N) is 3. The van der Waals surface area contributed by atoms with Crippen LogP contribution in [0.3, 0.4) is 0 Å². The summed E-state index contributed by atoms with van der Waals surface area (Å²) in [6, 6.07) is 12.2. The van der Waals surface area contributed by atoms with E-state index in [4.69, 9.17) is 12.2 Å². The van der Waals surface area contributed by atoms with Crippen LogP contribution in [0.5, 0.6) is 0 Å². The molecule has 29 heavy (non-hydrogen) atoms. The monoisotopic (exact) mass is 424 g/mol. The molecule has 3 aromatic rings. The number of aromatic nitrogens is 2. The molecule has 0 aliphatic rings. The van der Waals surface area contributed by atoms with Crippen molar-refractivity contribution in [2.24, 2.45) is 4.99 Å². The zero-order valence-corrected chi connectivity index (χ0v) is 18.5. The Morgan fingerprint density at radius 3 is 2.45 bits per heavy atom. The zero-order chi connectivity index (χ0) is 20.8. The highest BCUT2D eigenvalue weighted by molar-refractivity contribution is 7.80. The van der Waals surface area contributed by atoms with E-state index >= 15 is 0 Å². The van der Waals surface area contributed by atoms with Crippen molar-refractivity contribution in [3.8, 4) is 0 Å². The molecule has 8 heteroatoms. The Hall–Kier alpha value is -2.84. The van der Waals surface area contributed by atoms with Crippen molar-refractivity contribution in [2.45, 2.75) is 34.2 Å². The van der Waals surface area contributed by atoms with Gasteiger partial charge in [0.15, 0.2) is 5.11 Å². The van der Waals surface area contributed by atoms with Crippen LogP contribution in [-0.2, 0) is 6.54 Å². The van der Waals surface area contributed by atoms with Gasteiger partial charge in [-0.25, -0.2) is 15.0 Å². The Morgan fingerprint density at radius 1 is 1.03 bits per heavy atom. The Kier molecular flexibility index (Phi) is 6.90. The van der Waals surface area contributed by atoms with Gasteiger partial charge in [-0.3, -0.25) is 5.32 Å². The van der Waals surface area contributed by atoms with Gasteiger partial charge in [-0.2, -0.15) is 0 Å². The third kappa shape index (κ3) is 6.33. The van der Waals surface area contributed by atoms with Crippen molar-refractivity contribution in [3.63, 3.8) is 0 Å². The second kappa shape index (κ2) is 9.58. The average molecular weight is 425 g/mol. The number of aryl methyl sites for hydroxylation is 4. The van der Waals surface area contributed by atoms with Gasteiger partial charge in [0, 0.05) is 22.0 Å². The number of thiophene rings is 1. The molecule has 6 nitrogen and oxygen atoms in total. The van der Waals surface area contributed by atoms with E-state index in [0.717, 1.165) is 27.5 Å². The summed E-state index contributed by atoms with van der Waals surface area (Å²) in [4.78, 5) is 14.6. The van der Waals surface area contributed by atoms with Gasteiger partial charge in [0.1, 0.15) is 0 Å². The Morgan fingerprint density at radius 2 is 1.79 bits per heavy atom. The Labute approximate surface area is 180 Å². The zero-order valence-electron chi connectivity index (χ0n) is 16.9. The van der Waals surface area contributed by atoms with Crippen molar-refractivity contribution in [1.82, 2.24) is 15.3 Å². The predicted molar refractivity (Wildman–Crippen MR) is 126 cm³/mol. The third-order valence-electron chi connectivity index (χ3n) is 4.05. The number of benzene rings is 1. The van der Waals surface area contributed by atoms with E-state index in [1.54, 1.807) is 11.3 Å². The van der Waals surface area contributed by atoms with Crippen molar-refractivity contribution >= 4 is 46.3 Å². The van der Waals surface area contributed by atoms with Crippen LogP contribution in [0.2, 0.25) is 0 Å². The van der Waals surface area contributed by atoms with Gasteiger partial charge in [0.2, 0.25) is 11.9 Å². The first-order valence-electron chi connectivity index (χ1n) is 9.20. The first-order chi connectivity index (χ1) is 13.9. The van der Waals surface area contributed by atoms with E-state index in [1.165, 1.54) is 5.56 Å². The molecule has 3 rings (SSSR count). The van der Waals surface area contributed by atoms with Crippen molar-refractivity contribution in [3.05, 3.63) is 69.2 Å². The fourth-order valence-corrected chi connectivity index (χ4v) is 3.61. The number of nitrogens with zero attached hydrogens (tertiary/aromatic N) is 3. The highest BCUT2D eigenvalue weighted by Gasteiger charge is 2.08. The molecule has 2 heterocycles. The molecule has 2 aromatic heterocycles. The first-order valence-corrected chi connectivity index (χ1v) is 10.5. The Bertz CT molecular complexity index is 1010. The summed E-state index contributed by atoms with van der Waals surface area (Å²) < 4.78 is 0. The maximum atomic E-state index is 5.51. The minimum atomic E-state index is 0.443. The largest absolute Gasteiger partial charge is 0.332 e. The van der Waals surface area contributed by atoms with Crippen LogP contribution in [0.1, 0.15) is 27.4 Å². The summed E-state index contributed by atoms with van der Waals surface area (Å²) in [6.45, 7) is 8.51. The van der Waals surface area contributed by atoms with E-state index in [2.05, 4.69) is 43.9 Å². The Balaban J connectivity index is 1.76. The molecule has 1 aromatic carbocycles.